The van der Waals surface area contributed by atoms with E-state index in [0.29, 0.717) is 0 Å². The second-order valence-electron chi connectivity index (χ2n) is 6.14. The molecule has 6 heteroatoms. The number of halogens is 2. The van der Waals surface area contributed by atoms with Crippen molar-refractivity contribution in [1.82, 2.24) is 10.6 Å². The maximum absolute atomic E-state index is 6.26. The van der Waals surface area contributed by atoms with E-state index in [9.17, 15) is 0 Å². The Labute approximate surface area is 113 Å². The van der Waals surface area contributed by atoms with Crippen molar-refractivity contribution in [2.75, 3.05) is 0 Å². The molecule has 0 aromatic carbocycles. The normalized spacial score (nSPS) is 25.5. The fourth-order valence-electron chi connectivity index (χ4n) is 2.22. The zero-order valence-corrected chi connectivity index (χ0v) is 12.4. The van der Waals surface area contributed by atoms with Crippen LogP contribution < -0.4 is 10.6 Å². The largest absolute Gasteiger partial charge is 0.322 e. The summed E-state index contributed by atoms with van der Waals surface area (Å²) in [5, 5.41) is 4.90. The molecule has 1 aliphatic heterocycles. The summed E-state index contributed by atoms with van der Waals surface area (Å²) in [7, 11) is 0. The van der Waals surface area contributed by atoms with Gasteiger partial charge in [-0.2, -0.15) is 4.99 Å². The highest BCUT2D eigenvalue weighted by molar-refractivity contribution is 6.66. The molecule has 1 rings (SSSR count). The van der Waals surface area contributed by atoms with E-state index in [0.717, 1.165) is 6.42 Å². The Hall–Kier alpha value is -0.320. The van der Waals surface area contributed by atoms with Gasteiger partial charge in [-0.3, -0.25) is 5.32 Å². The van der Waals surface area contributed by atoms with Crippen LogP contribution >= 0.6 is 23.2 Å². The fraction of sp³-hybridized carbons (Fsp3) is 0.818. The highest BCUT2D eigenvalue weighted by atomic mass is 35.5. The molecule has 0 bridgehead atoms. The molecule has 1 atom stereocenters. The topological polar surface area (TPSA) is 48.8 Å². The van der Waals surface area contributed by atoms with Crippen molar-refractivity contribution in [1.29, 1.82) is 0 Å². The van der Waals surface area contributed by atoms with Gasteiger partial charge in [0.15, 0.2) is 0 Å². The molecular formula is C11H20Cl2N4. The summed E-state index contributed by atoms with van der Waals surface area (Å²) in [6.07, 6.45) is 2.38. The minimum absolute atomic E-state index is 0.188. The van der Waals surface area contributed by atoms with Crippen molar-refractivity contribution in [3.8, 4) is 0 Å². The summed E-state index contributed by atoms with van der Waals surface area (Å²) in [6.45, 7) is 10.7. The molecule has 0 aliphatic carbocycles. The van der Waals surface area contributed by atoms with Crippen molar-refractivity contribution in [2.24, 2.45) is 15.4 Å². The van der Waals surface area contributed by atoms with Crippen LogP contribution in [-0.4, -0.2) is 22.4 Å². The lowest BCUT2D eigenvalue weighted by Crippen LogP contribution is -2.53. The van der Waals surface area contributed by atoms with Gasteiger partial charge in [-0.25, -0.2) is 4.99 Å². The van der Waals surface area contributed by atoms with E-state index in [1.807, 2.05) is 0 Å². The number of aliphatic imine (C=N–C) groups is 2. The van der Waals surface area contributed by atoms with Crippen LogP contribution in [0.25, 0.3) is 0 Å². The summed E-state index contributed by atoms with van der Waals surface area (Å²) < 4.78 is 0. The van der Waals surface area contributed by atoms with Crippen LogP contribution in [-0.2, 0) is 0 Å². The molecule has 0 radical (unpaired) electrons. The molecule has 0 saturated carbocycles. The number of hydrogen-bond acceptors (Lipinski definition) is 4. The maximum atomic E-state index is 6.26. The van der Waals surface area contributed by atoms with Crippen LogP contribution in [0.5, 0.6) is 0 Å². The minimum atomic E-state index is -1.21. The third kappa shape index (κ3) is 5.23. The van der Waals surface area contributed by atoms with E-state index in [1.165, 1.54) is 6.34 Å². The quantitative estimate of drug-likeness (QED) is 0.616. The van der Waals surface area contributed by atoms with Crippen molar-refractivity contribution in [3.63, 3.8) is 0 Å². The third-order valence-corrected chi connectivity index (χ3v) is 2.61. The van der Waals surface area contributed by atoms with Crippen LogP contribution in [0.2, 0.25) is 0 Å². The highest BCUT2D eigenvalue weighted by Gasteiger charge is 2.36. The van der Waals surface area contributed by atoms with Gasteiger partial charge >= 0.3 is 0 Å². The Morgan fingerprint density at radius 1 is 1.35 bits per heavy atom. The van der Waals surface area contributed by atoms with Crippen molar-refractivity contribution in [3.05, 3.63) is 0 Å². The van der Waals surface area contributed by atoms with E-state index < -0.39 is 5.25 Å². The van der Waals surface area contributed by atoms with E-state index in [4.69, 9.17) is 23.2 Å². The SMILES string of the molecule is CC(C)(C)CC(C)(C)NC1(Cl)N=CNC(Cl)=N1. The molecule has 4 nitrogen and oxygen atoms in total. The molecule has 0 amide bonds. The predicted molar refractivity (Wildman–Crippen MR) is 74.8 cm³/mol. The first-order valence-electron chi connectivity index (χ1n) is 5.55. The molecule has 17 heavy (non-hydrogen) atoms. The maximum Gasteiger partial charge on any atom is 0.289 e. The molecule has 1 unspecified atom stereocenters. The second kappa shape index (κ2) is 4.75. The van der Waals surface area contributed by atoms with Crippen LogP contribution in [0, 0.1) is 5.41 Å². The summed E-state index contributed by atoms with van der Waals surface area (Å²) in [4.78, 5) is 8.13. The van der Waals surface area contributed by atoms with Crippen molar-refractivity contribution in [2.45, 2.75) is 51.8 Å². The number of amidine groups is 1. The number of nitrogens with one attached hydrogen (secondary N) is 2. The average molecular weight is 279 g/mol. The number of nitrogens with zero attached hydrogens (tertiary/aromatic N) is 2. The first-order chi connectivity index (χ1) is 7.52. The molecule has 2 N–H and O–H groups in total. The zero-order chi connectivity index (χ0) is 13.3. The van der Waals surface area contributed by atoms with Gasteiger partial charge in [-0.05, 0) is 48.9 Å². The lowest BCUT2D eigenvalue weighted by atomic mass is 9.82. The van der Waals surface area contributed by atoms with Gasteiger partial charge in [0.25, 0.3) is 5.25 Å². The lowest BCUT2D eigenvalue weighted by molar-refractivity contribution is 0.214. The van der Waals surface area contributed by atoms with E-state index in [-0.39, 0.29) is 16.2 Å². The van der Waals surface area contributed by atoms with E-state index in [2.05, 4.69) is 55.2 Å². The van der Waals surface area contributed by atoms with Crippen LogP contribution in [0.15, 0.2) is 9.98 Å². The molecule has 1 heterocycles. The van der Waals surface area contributed by atoms with Crippen LogP contribution in [0.4, 0.5) is 0 Å². The number of hydrogen-bond donors (Lipinski definition) is 2. The second-order valence-corrected chi connectivity index (χ2v) is 7.02. The van der Waals surface area contributed by atoms with Crippen LogP contribution in [0.3, 0.4) is 0 Å². The average Bonchev–Trinajstić information content (AvgIpc) is 1.94. The molecule has 0 fully saturated rings. The Bertz CT molecular complexity index is 344. The summed E-state index contributed by atoms with van der Waals surface area (Å²) >= 11 is 12.0. The molecule has 0 aromatic heterocycles. The monoisotopic (exact) mass is 278 g/mol. The molecule has 0 saturated heterocycles. The first kappa shape index (κ1) is 14.7. The van der Waals surface area contributed by atoms with Gasteiger partial charge in [0, 0.05) is 5.54 Å². The first-order valence-corrected chi connectivity index (χ1v) is 6.31. The Kier molecular flexibility index (Phi) is 4.12. The van der Waals surface area contributed by atoms with Gasteiger partial charge in [0.1, 0.15) is 0 Å². The van der Waals surface area contributed by atoms with E-state index in [1.54, 1.807) is 0 Å². The third-order valence-electron chi connectivity index (χ3n) is 2.14. The van der Waals surface area contributed by atoms with Gasteiger partial charge in [0.05, 0.1) is 6.34 Å². The van der Waals surface area contributed by atoms with E-state index >= 15 is 0 Å². The molecular weight excluding hydrogens is 259 g/mol. The lowest BCUT2D eigenvalue weighted by Gasteiger charge is -2.37. The van der Waals surface area contributed by atoms with Gasteiger partial charge < -0.3 is 5.32 Å². The Morgan fingerprint density at radius 2 is 1.94 bits per heavy atom. The molecule has 0 spiro atoms. The zero-order valence-electron chi connectivity index (χ0n) is 10.9. The van der Waals surface area contributed by atoms with Crippen molar-refractivity contribution >= 4 is 34.8 Å². The fourth-order valence-corrected chi connectivity index (χ4v) is 2.83. The minimum Gasteiger partial charge on any atom is -0.322 e. The number of alkyl halides is 1. The van der Waals surface area contributed by atoms with Gasteiger partial charge in [-0.15, -0.1) is 0 Å². The number of rotatable bonds is 3. The van der Waals surface area contributed by atoms with Crippen LogP contribution in [0.1, 0.15) is 41.0 Å². The molecule has 1 aliphatic rings. The summed E-state index contributed by atoms with van der Waals surface area (Å²) in [5.41, 5.74) is -0.0107. The standard InChI is InChI=1S/C11H20Cl2N4/c1-9(2,3)6-10(4,5)17-11(13)15-7-14-8(12)16-11/h7,17H,6H2,1-5H3,(H,14,15,16). The van der Waals surface area contributed by atoms with Gasteiger partial charge in [0.2, 0.25) is 5.29 Å². The highest BCUT2D eigenvalue weighted by Crippen LogP contribution is 2.30. The Balaban J connectivity index is 2.76. The molecule has 98 valence electrons. The Morgan fingerprint density at radius 3 is 2.41 bits per heavy atom. The predicted octanol–water partition coefficient (Wildman–Crippen LogP) is 2.87. The van der Waals surface area contributed by atoms with Crippen molar-refractivity contribution < 1.29 is 0 Å². The van der Waals surface area contributed by atoms with Gasteiger partial charge in [-0.1, -0.05) is 20.8 Å². The smallest absolute Gasteiger partial charge is 0.289 e. The summed E-state index contributed by atoms with van der Waals surface area (Å²) in [6, 6.07) is 0. The molecule has 0 aromatic rings. The summed E-state index contributed by atoms with van der Waals surface area (Å²) in [5.74, 6) is 0.